The minimum Gasteiger partial charge on any atom is -0.497 e. The lowest BCUT2D eigenvalue weighted by Crippen LogP contribution is -2.46. The monoisotopic (exact) mass is 480 g/mol. The lowest BCUT2D eigenvalue weighted by Gasteiger charge is -2.39. The largest absolute Gasteiger partial charge is 0.497 e. The molecule has 0 radical (unpaired) electrons. The normalized spacial score (nSPS) is 21.1. The maximum atomic E-state index is 13.1. The van der Waals surface area contributed by atoms with Crippen molar-refractivity contribution >= 4 is 29.0 Å². The van der Waals surface area contributed by atoms with E-state index in [1.165, 1.54) is 16.5 Å². The van der Waals surface area contributed by atoms with Gasteiger partial charge in [-0.3, -0.25) is 9.20 Å². The van der Waals surface area contributed by atoms with Crippen molar-refractivity contribution < 1.29 is 22.7 Å². The highest BCUT2D eigenvalue weighted by molar-refractivity contribution is 6.33. The van der Waals surface area contributed by atoms with Gasteiger partial charge in [0, 0.05) is 23.3 Å². The summed E-state index contributed by atoms with van der Waals surface area (Å²) in [7, 11) is 1.57. The van der Waals surface area contributed by atoms with E-state index in [4.69, 9.17) is 16.3 Å². The van der Waals surface area contributed by atoms with E-state index in [0.29, 0.717) is 35.0 Å². The van der Waals surface area contributed by atoms with Crippen LogP contribution in [0, 0.1) is 0 Å². The van der Waals surface area contributed by atoms with Crippen LogP contribution in [0.25, 0.3) is 5.65 Å². The second-order valence-electron chi connectivity index (χ2n) is 8.54. The number of nitrogens with zero attached hydrogens (tertiary/aromatic N) is 2. The molecule has 33 heavy (non-hydrogen) atoms. The van der Waals surface area contributed by atoms with Gasteiger partial charge >= 0.3 is 6.18 Å². The number of rotatable bonds is 5. The fourth-order valence-corrected chi connectivity index (χ4v) is 4.31. The average molecular weight is 481 g/mol. The Balaban J connectivity index is 1.43. The van der Waals surface area contributed by atoms with Crippen molar-refractivity contribution in [2.24, 2.45) is 0 Å². The van der Waals surface area contributed by atoms with Crippen molar-refractivity contribution in [1.82, 2.24) is 14.7 Å². The number of halogens is 4. The molecule has 0 unspecified atom stereocenters. The Bertz CT molecular complexity index is 1150. The van der Waals surface area contributed by atoms with Gasteiger partial charge in [-0.15, -0.1) is 0 Å². The van der Waals surface area contributed by atoms with Crippen LogP contribution in [0.15, 0.2) is 42.6 Å². The molecule has 0 spiro atoms. The summed E-state index contributed by atoms with van der Waals surface area (Å²) in [5, 5.41) is 6.72. The van der Waals surface area contributed by atoms with E-state index in [2.05, 4.69) is 15.6 Å². The van der Waals surface area contributed by atoms with E-state index < -0.39 is 17.4 Å². The Morgan fingerprint density at radius 1 is 1.18 bits per heavy atom. The highest BCUT2D eigenvalue weighted by Crippen LogP contribution is 2.36. The highest BCUT2D eigenvalue weighted by atomic mass is 35.5. The van der Waals surface area contributed by atoms with Crippen LogP contribution >= 0.6 is 11.6 Å². The summed E-state index contributed by atoms with van der Waals surface area (Å²) >= 11 is 6.34. The Morgan fingerprint density at radius 3 is 2.45 bits per heavy atom. The third kappa shape index (κ3) is 5.03. The first kappa shape index (κ1) is 23.2. The quantitative estimate of drug-likeness (QED) is 0.502. The number of carbonyl (C=O) groups is 1. The standard InChI is InChI=1S/C23H24ClF3N4O2/c1-22(30-20-17(24)7-8-19-29-18(13-31(19)20)23(25,26)27)11-9-15(10-12-22)28-21(32)14-3-5-16(33-2)6-4-14/h3-8,13,15,30H,9-12H2,1-2H3,(H,28,32). The topological polar surface area (TPSA) is 67.7 Å². The van der Waals surface area contributed by atoms with Crippen molar-refractivity contribution in [2.45, 2.75) is 50.4 Å². The van der Waals surface area contributed by atoms with Crippen molar-refractivity contribution in [3.05, 3.63) is 58.9 Å². The van der Waals surface area contributed by atoms with E-state index in [1.54, 1.807) is 31.4 Å². The van der Waals surface area contributed by atoms with Crippen LogP contribution in [0.5, 0.6) is 5.75 Å². The van der Waals surface area contributed by atoms with E-state index >= 15 is 0 Å². The van der Waals surface area contributed by atoms with Crippen LogP contribution in [0.4, 0.5) is 19.0 Å². The van der Waals surface area contributed by atoms with Crippen LogP contribution in [-0.2, 0) is 6.18 Å². The maximum absolute atomic E-state index is 13.1. The number of fused-ring (bicyclic) bond motifs is 1. The first-order chi connectivity index (χ1) is 15.6. The van der Waals surface area contributed by atoms with Gasteiger partial charge < -0.3 is 15.4 Å². The predicted octanol–water partition coefficient (Wildman–Crippen LogP) is 5.56. The van der Waals surface area contributed by atoms with Crippen molar-refractivity contribution in [1.29, 1.82) is 0 Å². The van der Waals surface area contributed by atoms with Crippen molar-refractivity contribution in [2.75, 3.05) is 12.4 Å². The number of hydrogen-bond acceptors (Lipinski definition) is 4. The Kier molecular flexibility index (Phi) is 6.18. The highest BCUT2D eigenvalue weighted by Gasteiger charge is 2.36. The van der Waals surface area contributed by atoms with Crippen LogP contribution in [0.3, 0.4) is 0 Å². The van der Waals surface area contributed by atoms with Crippen LogP contribution in [-0.4, -0.2) is 34.0 Å². The smallest absolute Gasteiger partial charge is 0.434 e. The number of carbonyl (C=O) groups excluding carboxylic acids is 1. The molecule has 3 aromatic rings. The third-order valence-electron chi connectivity index (χ3n) is 6.07. The molecule has 1 aliphatic rings. The zero-order valence-electron chi connectivity index (χ0n) is 18.2. The third-order valence-corrected chi connectivity index (χ3v) is 6.37. The van der Waals surface area contributed by atoms with Crippen molar-refractivity contribution in [3.8, 4) is 5.75 Å². The molecule has 0 saturated heterocycles. The Morgan fingerprint density at radius 2 is 1.85 bits per heavy atom. The summed E-state index contributed by atoms with van der Waals surface area (Å²) in [5.74, 6) is 0.908. The number of benzene rings is 1. The number of hydrogen-bond donors (Lipinski definition) is 2. The van der Waals surface area contributed by atoms with Crippen molar-refractivity contribution in [3.63, 3.8) is 0 Å². The van der Waals surface area contributed by atoms with E-state index in [-0.39, 0.29) is 17.6 Å². The molecule has 1 saturated carbocycles. The van der Waals surface area contributed by atoms with Crippen LogP contribution in [0.2, 0.25) is 5.02 Å². The van der Waals surface area contributed by atoms with E-state index in [1.807, 2.05) is 6.92 Å². The zero-order chi connectivity index (χ0) is 23.8. The summed E-state index contributed by atoms with van der Waals surface area (Å²) in [5.41, 5.74) is -0.649. The molecule has 2 heterocycles. The number of ether oxygens (including phenoxy) is 1. The molecule has 2 N–H and O–H groups in total. The van der Waals surface area contributed by atoms with Gasteiger partial charge in [0.1, 0.15) is 17.2 Å². The van der Waals surface area contributed by atoms with E-state index in [9.17, 15) is 18.0 Å². The average Bonchev–Trinajstić information content (AvgIpc) is 3.23. The molecule has 0 bridgehead atoms. The minimum atomic E-state index is -4.54. The molecular formula is C23H24ClF3N4O2. The van der Waals surface area contributed by atoms with Gasteiger partial charge in [-0.1, -0.05) is 11.6 Å². The summed E-state index contributed by atoms with van der Waals surface area (Å²) in [4.78, 5) is 16.2. The number of anilines is 1. The summed E-state index contributed by atoms with van der Waals surface area (Å²) in [6.07, 6.45) is -0.747. The summed E-state index contributed by atoms with van der Waals surface area (Å²) in [6.45, 7) is 2.01. The van der Waals surface area contributed by atoms with Crippen LogP contribution in [0.1, 0.15) is 48.7 Å². The lowest BCUT2D eigenvalue weighted by atomic mass is 9.80. The molecule has 1 aliphatic carbocycles. The molecule has 1 fully saturated rings. The van der Waals surface area contributed by atoms with Gasteiger partial charge in [0.15, 0.2) is 5.69 Å². The van der Waals surface area contributed by atoms with Gasteiger partial charge in [-0.25, -0.2) is 4.98 Å². The summed E-state index contributed by atoms with van der Waals surface area (Å²) in [6, 6.07) is 9.90. The molecule has 1 aromatic carbocycles. The van der Waals surface area contributed by atoms with Gasteiger partial charge in [-0.05, 0) is 69.0 Å². The SMILES string of the molecule is COc1ccc(C(=O)NC2CCC(C)(Nc3c(Cl)ccc4nc(C(F)(F)F)cn34)CC2)cc1. The van der Waals surface area contributed by atoms with E-state index in [0.717, 1.165) is 19.0 Å². The first-order valence-electron chi connectivity index (χ1n) is 10.6. The fourth-order valence-electron chi connectivity index (χ4n) is 4.11. The molecule has 0 atom stereocenters. The summed E-state index contributed by atoms with van der Waals surface area (Å²) < 4.78 is 45.8. The van der Waals surface area contributed by atoms with Gasteiger partial charge in [0.2, 0.25) is 0 Å². The Labute approximate surface area is 194 Å². The number of amides is 1. The number of pyridine rings is 1. The molecule has 10 heteroatoms. The lowest BCUT2D eigenvalue weighted by molar-refractivity contribution is -0.140. The molecule has 2 aromatic heterocycles. The second kappa shape index (κ2) is 8.78. The Hall–Kier alpha value is -2.94. The number of methoxy groups -OCH3 is 1. The predicted molar refractivity (Wildman–Crippen MR) is 120 cm³/mol. The molecule has 6 nitrogen and oxygen atoms in total. The molecule has 0 aliphatic heterocycles. The number of aromatic nitrogens is 2. The van der Waals surface area contributed by atoms with Crippen LogP contribution < -0.4 is 15.4 Å². The number of nitrogens with one attached hydrogen (secondary N) is 2. The first-order valence-corrected chi connectivity index (χ1v) is 10.9. The van der Waals surface area contributed by atoms with Gasteiger partial charge in [0.05, 0.1) is 12.1 Å². The molecule has 176 valence electrons. The zero-order valence-corrected chi connectivity index (χ0v) is 18.9. The molecule has 1 amide bonds. The maximum Gasteiger partial charge on any atom is 0.434 e. The minimum absolute atomic E-state index is 0.00539. The number of imidazole rings is 1. The molecule has 4 rings (SSSR count). The van der Waals surface area contributed by atoms with Gasteiger partial charge in [0.25, 0.3) is 5.91 Å². The molecular weight excluding hydrogens is 457 g/mol. The fraction of sp³-hybridized carbons (Fsp3) is 0.391. The second-order valence-corrected chi connectivity index (χ2v) is 8.95. The van der Waals surface area contributed by atoms with Gasteiger partial charge in [-0.2, -0.15) is 13.2 Å². The number of alkyl halides is 3.